The van der Waals surface area contributed by atoms with E-state index in [-0.39, 0.29) is 23.9 Å². The number of benzene rings is 4. The molecule has 2 aliphatic rings. The van der Waals surface area contributed by atoms with Crippen molar-refractivity contribution in [3.8, 4) is 11.1 Å². The maximum absolute atomic E-state index is 13.5. The van der Waals surface area contributed by atoms with Crippen LogP contribution in [0.15, 0.2) is 103 Å². The van der Waals surface area contributed by atoms with Crippen molar-refractivity contribution in [1.29, 1.82) is 0 Å². The number of rotatable bonds is 6. The normalized spacial score (nSPS) is 19.0. The number of anilines is 2. The third-order valence-electron chi connectivity index (χ3n) is 8.32. The summed E-state index contributed by atoms with van der Waals surface area (Å²) in [6.45, 7) is 3.85. The Bertz CT molecular complexity index is 1600. The average Bonchev–Trinajstić information content (AvgIpc) is 3.06. The second-order valence-electron chi connectivity index (χ2n) is 11.1. The minimum atomic E-state index is -0.393. The van der Waals surface area contributed by atoms with Crippen molar-refractivity contribution in [2.24, 2.45) is 0 Å². The molecule has 0 aromatic heterocycles. The Morgan fingerprint density at radius 2 is 1.52 bits per heavy atom. The highest BCUT2D eigenvalue weighted by atomic mass is 35.5. The summed E-state index contributed by atoms with van der Waals surface area (Å²) in [5, 5.41) is 3.57. The first-order valence-electron chi connectivity index (χ1n) is 14.9. The molecule has 2 heterocycles. The lowest BCUT2D eigenvalue weighted by Crippen LogP contribution is -2.61. The van der Waals surface area contributed by atoms with Gasteiger partial charge >= 0.3 is 12.0 Å². The minimum absolute atomic E-state index is 0.189. The Kier molecular flexibility index (Phi) is 9.09. The highest BCUT2D eigenvalue weighted by molar-refractivity contribution is 6.30. The van der Waals surface area contributed by atoms with Crippen LogP contribution in [-0.2, 0) is 4.74 Å². The Morgan fingerprint density at radius 1 is 0.795 bits per heavy atom. The fourth-order valence-electron chi connectivity index (χ4n) is 5.96. The van der Waals surface area contributed by atoms with Crippen molar-refractivity contribution in [2.75, 3.05) is 49.5 Å². The van der Waals surface area contributed by atoms with E-state index in [0.29, 0.717) is 35.8 Å². The number of carbonyl (C=O) groups is 2. The zero-order valence-electron chi connectivity index (χ0n) is 24.2. The number of nitrogens with zero attached hydrogens (tertiary/aromatic N) is 3. The molecule has 6 rings (SSSR count). The molecule has 4 aromatic rings. The van der Waals surface area contributed by atoms with Crippen LogP contribution in [0, 0.1) is 5.82 Å². The number of halogens is 2. The van der Waals surface area contributed by atoms with Crippen molar-refractivity contribution in [3.05, 3.63) is 120 Å². The Hall–Kier alpha value is -4.40. The number of likely N-dealkylation sites (tertiary alicyclic amines) is 1. The Labute approximate surface area is 261 Å². The molecule has 1 N–H and O–H groups in total. The van der Waals surface area contributed by atoms with Gasteiger partial charge in [0, 0.05) is 62.1 Å². The first kappa shape index (κ1) is 29.7. The van der Waals surface area contributed by atoms with Gasteiger partial charge in [0.2, 0.25) is 0 Å². The van der Waals surface area contributed by atoms with Crippen molar-refractivity contribution in [1.82, 2.24) is 9.80 Å². The quantitative estimate of drug-likeness (QED) is 0.243. The molecule has 2 aliphatic heterocycles. The standard InChI is InChI=1S/C35H34ClFN4O3/c36-28-10-5-11-31(23-28)39-18-20-40(21-19-39)32-24-41(35(43)38-30-14-12-29(37)13-15-30)17-16-33(32)44-34(42)27-9-4-8-26(22-27)25-6-2-1-3-7-25/h1-15,22-23,32-33H,16-21,24H2,(H,38,43)/t32-,33-/m1/s1. The second kappa shape index (κ2) is 13.5. The molecule has 4 aromatic carbocycles. The van der Waals surface area contributed by atoms with Crippen LogP contribution < -0.4 is 10.2 Å². The van der Waals surface area contributed by atoms with E-state index < -0.39 is 6.10 Å². The lowest BCUT2D eigenvalue weighted by atomic mass is 9.99. The molecule has 0 saturated carbocycles. The molecule has 0 unspecified atom stereocenters. The summed E-state index contributed by atoms with van der Waals surface area (Å²) in [6.07, 6.45) is 0.107. The molecule has 2 fully saturated rings. The summed E-state index contributed by atoms with van der Waals surface area (Å²) in [6, 6.07) is 30.5. The van der Waals surface area contributed by atoms with Crippen LogP contribution in [0.5, 0.6) is 0 Å². The summed E-state index contributed by atoms with van der Waals surface area (Å²) < 4.78 is 19.6. The van der Waals surface area contributed by atoms with Gasteiger partial charge in [0.25, 0.3) is 0 Å². The van der Waals surface area contributed by atoms with E-state index in [2.05, 4.69) is 21.2 Å². The molecule has 226 valence electrons. The largest absolute Gasteiger partial charge is 0.457 e. The summed E-state index contributed by atoms with van der Waals surface area (Å²) in [5.41, 5.74) is 4.06. The van der Waals surface area contributed by atoms with Crippen LogP contribution in [0.3, 0.4) is 0 Å². The molecule has 9 heteroatoms. The molecular weight excluding hydrogens is 579 g/mol. The highest BCUT2D eigenvalue weighted by Gasteiger charge is 2.39. The number of esters is 1. The van der Waals surface area contributed by atoms with Crippen LogP contribution in [0.2, 0.25) is 5.02 Å². The number of ether oxygens (including phenoxy) is 1. The molecule has 2 saturated heterocycles. The number of hydrogen-bond acceptors (Lipinski definition) is 5. The first-order valence-corrected chi connectivity index (χ1v) is 15.2. The number of carbonyl (C=O) groups excluding carboxylic acids is 2. The Balaban J connectivity index is 1.17. The van der Waals surface area contributed by atoms with Crippen LogP contribution >= 0.6 is 11.6 Å². The summed E-state index contributed by atoms with van der Waals surface area (Å²) >= 11 is 6.24. The molecule has 0 aliphatic carbocycles. The topological polar surface area (TPSA) is 65.1 Å². The number of nitrogens with one attached hydrogen (secondary N) is 1. The van der Waals surface area contributed by atoms with Gasteiger partial charge < -0.3 is 19.9 Å². The SMILES string of the molecule is O=C(O[C@@H]1CCN(C(=O)Nc2ccc(F)cc2)C[C@H]1N1CCN(c2cccc(Cl)c2)CC1)c1cccc(-c2ccccc2)c1. The summed E-state index contributed by atoms with van der Waals surface area (Å²) in [7, 11) is 0. The van der Waals surface area contributed by atoms with Gasteiger partial charge in [0.1, 0.15) is 11.9 Å². The number of hydrogen-bond donors (Lipinski definition) is 1. The number of piperazine rings is 1. The third kappa shape index (κ3) is 7.04. The van der Waals surface area contributed by atoms with Gasteiger partial charge in [-0.15, -0.1) is 0 Å². The van der Waals surface area contributed by atoms with Crippen molar-refractivity contribution >= 4 is 35.0 Å². The van der Waals surface area contributed by atoms with Crippen molar-refractivity contribution in [2.45, 2.75) is 18.6 Å². The molecule has 44 heavy (non-hydrogen) atoms. The number of amides is 2. The molecule has 0 spiro atoms. The van der Waals surface area contributed by atoms with Crippen molar-refractivity contribution < 1.29 is 18.7 Å². The molecule has 2 amide bonds. The third-order valence-corrected chi connectivity index (χ3v) is 8.56. The van der Waals surface area contributed by atoms with Gasteiger partial charge in [-0.1, -0.05) is 60.1 Å². The lowest BCUT2D eigenvalue weighted by molar-refractivity contribution is -0.0290. The number of urea groups is 1. The maximum atomic E-state index is 13.5. The van der Waals surface area contributed by atoms with E-state index >= 15 is 0 Å². The molecular formula is C35H34ClFN4O3. The molecule has 2 atom stereocenters. The fourth-order valence-corrected chi connectivity index (χ4v) is 6.15. The van der Waals surface area contributed by atoms with Gasteiger partial charge in [-0.25, -0.2) is 14.0 Å². The van der Waals surface area contributed by atoms with E-state index in [0.717, 1.165) is 43.0 Å². The fraction of sp³-hybridized carbons (Fsp3) is 0.257. The van der Waals surface area contributed by atoms with Gasteiger partial charge in [0.15, 0.2) is 0 Å². The zero-order valence-corrected chi connectivity index (χ0v) is 25.0. The van der Waals surface area contributed by atoms with Gasteiger partial charge in [-0.2, -0.15) is 0 Å². The predicted molar refractivity (Wildman–Crippen MR) is 172 cm³/mol. The van der Waals surface area contributed by atoms with Crippen LogP contribution in [0.1, 0.15) is 16.8 Å². The number of piperidine rings is 1. The van der Waals surface area contributed by atoms with Gasteiger partial charge in [-0.3, -0.25) is 4.90 Å². The molecule has 7 nitrogen and oxygen atoms in total. The van der Waals surface area contributed by atoms with E-state index in [1.807, 2.05) is 66.7 Å². The average molecular weight is 613 g/mol. The highest BCUT2D eigenvalue weighted by Crippen LogP contribution is 2.27. The molecule has 0 bridgehead atoms. The van der Waals surface area contributed by atoms with Crippen molar-refractivity contribution in [3.63, 3.8) is 0 Å². The van der Waals surface area contributed by atoms with E-state index in [1.54, 1.807) is 11.0 Å². The van der Waals surface area contributed by atoms with E-state index in [1.165, 1.54) is 24.3 Å². The van der Waals surface area contributed by atoms with Gasteiger partial charge in [-0.05, 0) is 65.7 Å². The Morgan fingerprint density at radius 3 is 2.27 bits per heavy atom. The second-order valence-corrected chi connectivity index (χ2v) is 11.6. The summed E-state index contributed by atoms with van der Waals surface area (Å²) in [5.74, 6) is -0.739. The maximum Gasteiger partial charge on any atom is 0.338 e. The lowest BCUT2D eigenvalue weighted by Gasteiger charge is -2.46. The minimum Gasteiger partial charge on any atom is -0.457 e. The zero-order chi connectivity index (χ0) is 30.5. The summed E-state index contributed by atoms with van der Waals surface area (Å²) in [4.78, 5) is 33.1. The van der Waals surface area contributed by atoms with Gasteiger partial charge in [0.05, 0.1) is 11.6 Å². The van der Waals surface area contributed by atoms with E-state index in [9.17, 15) is 14.0 Å². The van der Waals surface area contributed by atoms with E-state index in [4.69, 9.17) is 16.3 Å². The predicted octanol–water partition coefficient (Wildman–Crippen LogP) is 6.80. The smallest absolute Gasteiger partial charge is 0.338 e. The van der Waals surface area contributed by atoms with Crippen LogP contribution in [0.4, 0.5) is 20.6 Å². The van der Waals surface area contributed by atoms with Crippen LogP contribution in [-0.4, -0.2) is 73.2 Å². The monoisotopic (exact) mass is 612 g/mol. The van der Waals surface area contributed by atoms with Crippen LogP contribution in [0.25, 0.3) is 11.1 Å². The first-order chi connectivity index (χ1) is 21.4. The molecule has 0 radical (unpaired) electrons.